The second kappa shape index (κ2) is 21.2. The number of carbonyl (C=O) groups excluding carboxylic acids is 1. The van der Waals surface area contributed by atoms with Crippen molar-refractivity contribution in [2.24, 2.45) is 4.99 Å². The van der Waals surface area contributed by atoms with Crippen molar-refractivity contribution >= 4 is 44.6 Å². The second-order valence-electron chi connectivity index (χ2n) is 12.0. The summed E-state index contributed by atoms with van der Waals surface area (Å²) in [6, 6.07) is 7.96. The van der Waals surface area contributed by atoms with Crippen LogP contribution in [0.3, 0.4) is 0 Å². The van der Waals surface area contributed by atoms with Crippen LogP contribution in [0.25, 0.3) is 0 Å². The fourth-order valence-electron chi connectivity index (χ4n) is 5.86. The maximum absolute atomic E-state index is 13.7. The first kappa shape index (κ1) is 35.0. The Morgan fingerprint density at radius 3 is 1.81 bits per heavy atom. The van der Waals surface area contributed by atoms with E-state index >= 15 is 0 Å². The molecule has 2 aromatic heterocycles. The SMILES string of the molecule is CCCCCCCCCCCCOc1ccc2c(n1)N=C(c1ccc(Br)s1)C(=O)C2CCCCCCCCCCCC. The molecule has 1 aliphatic heterocycles. The van der Waals surface area contributed by atoms with Crippen LogP contribution in [-0.2, 0) is 4.79 Å². The molecule has 0 fully saturated rings. The quantitative estimate of drug-likeness (QED) is 0.105. The van der Waals surface area contributed by atoms with Crippen LogP contribution in [0.15, 0.2) is 33.0 Å². The monoisotopic (exact) mass is 658 g/mol. The number of aliphatic imine (C=N–C) groups is 1. The zero-order chi connectivity index (χ0) is 29.8. The molecule has 0 aliphatic carbocycles. The van der Waals surface area contributed by atoms with E-state index in [0.717, 1.165) is 33.5 Å². The zero-order valence-electron chi connectivity index (χ0n) is 26.4. The summed E-state index contributed by atoms with van der Waals surface area (Å²) in [4.78, 5) is 24.2. The number of hydrogen-bond donors (Lipinski definition) is 0. The molecule has 0 amide bonds. The van der Waals surface area contributed by atoms with Gasteiger partial charge < -0.3 is 4.74 Å². The van der Waals surface area contributed by atoms with E-state index in [0.29, 0.717) is 24.0 Å². The Kier molecular flexibility index (Phi) is 17.7. The van der Waals surface area contributed by atoms with E-state index in [1.165, 1.54) is 116 Å². The smallest absolute Gasteiger partial charge is 0.215 e. The summed E-state index contributed by atoms with van der Waals surface area (Å²) in [5.41, 5.74) is 1.51. The molecule has 0 spiro atoms. The molecule has 0 N–H and O–H groups in total. The topological polar surface area (TPSA) is 51.6 Å². The molecule has 6 heteroatoms. The number of pyridine rings is 1. The molecule has 0 saturated carbocycles. The molecule has 0 bridgehead atoms. The van der Waals surface area contributed by atoms with Crippen LogP contribution in [0, 0.1) is 0 Å². The van der Waals surface area contributed by atoms with Crippen LogP contribution in [0.5, 0.6) is 5.88 Å². The van der Waals surface area contributed by atoms with Gasteiger partial charge in [0, 0.05) is 11.6 Å². The Hall–Kier alpha value is -1.53. The number of halogens is 1. The molecule has 1 unspecified atom stereocenters. The number of aromatic nitrogens is 1. The van der Waals surface area contributed by atoms with Gasteiger partial charge >= 0.3 is 0 Å². The summed E-state index contributed by atoms with van der Waals surface area (Å²) in [7, 11) is 0. The average molecular weight is 660 g/mol. The lowest BCUT2D eigenvalue weighted by molar-refractivity contribution is -0.114. The fraction of sp³-hybridized carbons (Fsp3) is 0.694. The van der Waals surface area contributed by atoms with Gasteiger partial charge in [-0.05, 0) is 47.0 Å². The van der Waals surface area contributed by atoms with Crippen LogP contribution in [0.2, 0.25) is 0 Å². The van der Waals surface area contributed by atoms with Crippen LogP contribution >= 0.6 is 27.3 Å². The minimum Gasteiger partial charge on any atom is -0.478 e. The fourth-order valence-corrected chi connectivity index (χ4v) is 7.24. The first-order valence-corrected chi connectivity index (χ1v) is 18.8. The van der Waals surface area contributed by atoms with Crippen molar-refractivity contribution in [2.75, 3.05) is 6.61 Å². The summed E-state index contributed by atoms with van der Waals surface area (Å²) in [5, 5.41) is 0. The highest BCUT2D eigenvalue weighted by Crippen LogP contribution is 2.38. The summed E-state index contributed by atoms with van der Waals surface area (Å²) < 4.78 is 7.05. The van der Waals surface area contributed by atoms with Gasteiger partial charge in [-0.15, -0.1) is 11.3 Å². The number of unbranched alkanes of at least 4 members (excludes halogenated alkanes) is 18. The number of ether oxygens (including phenoxy) is 1. The molecule has 4 nitrogen and oxygen atoms in total. The summed E-state index contributed by atoms with van der Waals surface area (Å²) >= 11 is 5.11. The maximum atomic E-state index is 13.7. The molecule has 3 heterocycles. The van der Waals surface area contributed by atoms with Crippen molar-refractivity contribution in [1.82, 2.24) is 4.98 Å². The summed E-state index contributed by atoms with van der Waals surface area (Å²) in [6.45, 7) is 5.22. The largest absolute Gasteiger partial charge is 0.478 e. The Morgan fingerprint density at radius 1 is 0.714 bits per heavy atom. The number of carbonyl (C=O) groups is 1. The second-order valence-corrected chi connectivity index (χ2v) is 14.5. The highest BCUT2D eigenvalue weighted by atomic mass is 79.9. The number of fused-ring (bicyclic) bond motifs is 1. The van der Waals surface area contributed by atoms with E-state index in [2.05, 4.69) is 29.8 Å². The molecule has 0 saturated heterocycles. The number of nitrogens with zero attached hydrogens (tertiary/aromatic N) is 2. The van der Waals surface area contributed by atoms with Gasteiger partial charge in [-0.3, -0.25) is 4.79 Å². The molecular weight excluding hydrogens is 604 g/mol. The van der Waals surface area contributed by atoms with Gasteiger partial charge in [0.05, 0.1) is 21.2 Å². The Balaban J connectivity index is 1.48. The third-order valence-electron chi connectivity index (χ3n) is 8.42. The van der Waals surface area contributed by atoms with Gasteiger partial charge in [-0.1, -0.05) is 136 Å². The van der Waals surface area contributed by atoms with Gasteiger partial charge in [0.1, 0.15) is 5.71 Å². The first-order valence-electron chi connectivity index (χ1n) is 17.2. The number of rotatable bonds is 24. The van der Waals surface area contributed by atoms with E-state index in [4.69, 9.17) is 14.7 Å². The Bertz CT molecular complexity index is 1070. The Labute approximate surface area is 268 Å². The highest BCUT2D eigenvalue weighted by Gasteiger charge is 2.33. The lowest BCUT2D eigenvalue weighted by atomic mass is 9.85. The van der Waals surface area contributed by atoms with E-state index in [1.807, 2.05) is 24.3 Å². The number of thiophene rings is 1. The molecule has 1 atom stereocenters. The molecule has 1 aliphatic rings. The summed E-state index contributed by atoms with van der Waals surface area (Å²) in [6.07, 6.45) is 26.8. The zero-order valence-corrected chi connectivity index (χ0v) is 28.8. The van der Waals surface area contributed by atoms with Gasteiger partial charge in [0.25, 0.3) is 0 Å². The van der Waals surface area contributed by atoms with E-state index in [9.17, 15) is 4.79 Å². The molecule has 3 rings (SSSR count). The molecule has 42 heavy (non-hydrogen) atoms. The standard InChI is InChI=1S/C36H55BrN2O2S/c1-3-5-7-9-11-13-15-17-19-21-23-29-30-24-27-33(41-28-22-20-18-16-14-12-10-8-6-4-2)38-36(30)39-34(35(29)40)31-25-26-32(37)42-31/h24-27,29H,3-23,28H2,1-2H3. The normalized spacial score (nSPS) is 14.7. The predicted molar refractivity (Wildman–Crippen MR) is 184 cm³/mol. The maximum Gasteiger partial charge on any atom is 0.215 e. The van der Waals surface area contributed by atoms with Gasteiger partial charge in [-0.25, -0.2) is 4.99 Å². The predicted octanol–water partition coefficient (Wildman–Crippen LogP) is 12.3. The third-order valence-corrected chi connectivity index (χ3v) is 10.1. The van der Waals surface area contributed by atoms with Crippen LogP contribution in [0.1, 0.15) is 165 Å². The lowest BCUT2D eigenvalue weighted by Gasteiger charge is -2.23. The van der Waals surface area contributed by atoms with Crippen LogP contribution in [0.4, 0.5) is 5.82 Å². The third kappa shape index (κ3) is 12.6. The minimum absolute atomic E-state index is 0.133. The van der Waals surface area contributed by atoms with Crippen molar-refractivity contribution in [3.05, 3.63) is 38.5 Å². The molecular formula is C36H55BrN2O2S. The van der Waals surface area contributed by atoms with Crippen molar-refractivity contribution in [2.45, 2.75) is 155 Å². The van der Waals surface area contributed by atoms with Crippen molar-refractivity contribution < 1.29 is 9.53 Å². The van der Waals surface area contributed by atoms with Crippen molar-refractivity contribution in [3.63, 3.8) is 0 Å². The molecule has 2 aromatic rings. The van der Waals surface area contributed by atoms with Gasteiger partial charge in [-0.2, -0.15) is 4.98 Å². The minimum atomic E-state index is -0.175. The molecule has 0 aromatic carbocycles. The first-order chi connectivity index (χ1) is 20.6. The van der Waals surface area contributed by atoms with E-state index < -0.39 is 0 Å². The highest BCUT2D eigenvalue weighted by molar-refractivity contribution is 9.11. The average Bonchev–Trinajstić information content (AvgIpc) is 3.43. The van der Waals surface area contributed by atoms with Crippen LogP contribution < -0.4 is 4.74 Å². The van der Waals surface area contributed by atoms with Gasteiger partial charge in [0.15, 0.2) is 11.6 Å². The van der Waals surface area contributed by atoms with E-state index in [1.54, 1.807) is 11.3 Å². The number of Topliss-reactive ketones (excluding diaryl/α,β-unsaturated/α-hetero) is 1. The number of hydrogen-bond acceptors (Lipinski definition) is 5. The van der Waals surface area contributed by atoms with E-state index in [-0.39, 0.29) is 11.7 Å². The Morgan fingerprint density at radius 2 is 1.26 bits per heavy atom. The van der Waals surface area contributed by atoms with Crippen LogP contribution in [-0.4, -0.2) is 23.1 Å². The molecule has 234 valence electrons. The summed E-state index contributed by atoms with van der Waals surface area (Å²) in [5.74, 6) is 1.23. The molecule has 0 radical (unpaired) electrons. The van der Waals surface area contributed by atoms with Crippen molar-refractivity contribution in [3.8, 4) is 5.88 Å². The van der Waals surface area contributed by atoms with Crippen molar-refractivity contribution in [1.29, 1.82) is 0 Å². The number of ketones is 1. The van der Waals surface area contributed by atoms with Gasteiger partial charge in [0.2, 0.25) is 5.88 Å². The lowest BCUT2D eigenvalue weighted by Crippen LogP contribution is -2.26.